The van der Waals surface area contributed by atoms with Gasteiger partial charge in [0.25, 0.3) is 0 Å². The summed E-state index contributed by atoms with van der Waals surface area (Å²) in [4.78, 5) is 0. The fraction of sp³-hybridized carbons (Fsp3) is 0.294. The van der Waals surface area contributed by atoms with Crippen molar-refractivity contribution in [3.63, 3.8) is 0 Å². The maximum atomic E-state index is 10.1. The SMILES string of the molecule is O[C@@H](CNC1Cc2ccccc2C1)c1ccccc1. The van der Waals surface area contributed by atoms with Gasteiger partial charge in [0.2, 0.25) is 0 Å². The largest absolute Gasteiger partial charge is 0.387 e. The average Bonchev–Trinajstić information content (AvgIpc) is 2.88. The van der Waals surface area contributed by atoms with E-state index in [9.17, 15) is 5.11 Å². The van der Waals surface area contributed by atoms with Gasteiger partial charge in [-0.3, -0.25) is 0 Å². The number of fused-ring (bicyclic) bond motifs is 1. The first-order valence-corrected chi connectivity index (χ1v) is 6.86. The molecule has 0 bridgehead atoms. The van der Waals surface area contributed by atoms with Crippen LogP contribution in [0.15, 0.2) is 54.6 Å². The van der Waals surface area contributed by atoms with Crippen LogP contribution in [0.5, 0.6) is 0 Å². The first kappa shape index (κ1) is 12.4. The highest BCUT2D eigenvalue weighted by Gasteiger charge is 2.21. The number of benzene rings is 2. The Balaban J connectivity index is 1.55. The highest BCUT2D eigenvalue weighted by Crippen LogP contribution is 2.22. The van der Waals surface area contributed by atoms with Crippen molar-refractivity contribution >= 4 is 0 Å². The second-order valence-electron chi connectivity index (χ2n) is 5.21. The minimum absolute atomic E-state index is 0.426. The molecule has 0 heterocycles. The van der Waals surface area contributed by atoms with Crippen molar-refractivity contribution in [1.82, 2.24) is 5.32 Å². The van der Waals surface area contributed by atoms with Gasteiger partial charge in [-0.15, -0.1) is 0 Å². The van der Waals surface area contributed by atoms with E-state index >= 15 is 0 Å². The van der Waals surface area contributed by atoms with E-state index in [0.717, 1.165) is 18.4 Å². The van der Waals surface area contributed by atoms with E-state index in [1.807, 2.05) is 30.3 Å². The molecule has 98 valence electrons. The molecule has 0 fully saturated rings. The molecule has 2 N–H and O–H groups in total. The van der Waals surface area contributed by atoms with Gasteiger partial charge in [0.15, 0.2) is 0 Å². The van der Waals surface area contributed by atoms with Gasteiger partial charge in [-0.05, 0) is 29.5 Å². The maximum absolute atomic E-state index is 10.1. The summed E-state index contributed by atoms with van der Waals surface area (Å²) >= 11 is 0. The van der Waals surface area contributed by atoms with Crippen molar-refractivity contribution in [2.45, 2.75) is 25.0 Å². The molecule has 0 spiro atoms. The van der Waals surface area contributed by atoms with Crippen molar-refractivity contribution in [3.8, 4) is 0 Å². The molecule has 0 saturated carbocycles. The summed E-state index contributed by atoms with van der Waals surface area (Å²) in [5, 5.41) is 13.6. The fourth-order valence-corrected chi connectivity index (χ4v) is 2.77. The summed E-state index contributed by atoms with van der Waals surface area (Å²) in [7, 11) is 0. The average molecular weight is 253 g/mol. The van der Waals surface area contributed by atoms with Gasteiger partial charge >= 0.3 is 0 Å². The molecule has 0 unspecified atom stereocenters. The van der Waals surface area contributed by atoms with Gasteiger partial charge in [0.05, 0.1) is 6.10 Å². The van der Waals surface area contributed by atoms with Gasteiger partial charge in [-0.2, -0.15) is 0 Å². The van der Waals surface area contributed by atoms with Crippen LogP contribution in [-0.4, -0.2) is 17.7 Å². The highest BCUT2D eigenvalue weighted by atomic mass is 16.3. The summed E-state index contributed by atoms with van der Waals surface area (Å²) in [5.41, 5.74) is 3.86. The van der Waals surface area contributed by atoms with Crippen LogP contribution in [-0.2, 0) is 12.8 Å². The molecule has 2 nitrogen and oxygen atoms in total. The van der Waals surface area contributed by atoms with Crippen molar-refractivity contribution in [2.75, 3.05) is 6.54 Å². The Kier molecular flexibility index (Phi) is 3.62. The minimum Gasteiger partial charge on any atom is -0.387 e. The summed E-state index contributed by atoms with van der Waals surface area (Å²) in [6, 6.07) is 18.9. The standard InChI is InChI=1S/C17H19NO/c19-17(13-6-2-1-3-7-13)12-18-16-10-14-8-4-5-9-15(14)11-16/h1-9,16-19H,10-12H2/t17-/m0/s1. The molecule has 0 aromatic heterocycles. The zero-order chi connectivity index (χ0) is 13.1. The van der Waals surface area contributed by atoms with Crippen LogP contribution in [0.25, 0.3) is 0 Å². The normalized spacial score (nSPS) is 16.3. The van der Waals surface area contributed by atoms with E-state index in [4.69, 9.17) is 0 Å². The van der Waals surface area contributed by atoms with Crippen LogP contribution in [0.2, 0.25) is 0 Å². The summed E-state index contributed by atoms with van der Waals surface area (Å²) < 4.78 is 0. The van der Waals surface area contributed by atoms with Crippen molar-refractivity contribution in [3.05, 3.63) is 71.3 Å². The van der Waals surface area contributed by atoms with Crippen LogP contribution in [0.1, 0.15) is 22.8 Å². The lowest BCUT2D eigenvalue weighted by molar-refractivity contribution is 0.170. The molecular weight excluding hydrogens is 234 g/mol. The lowest BCUT2D eigenvalue weighted by atomic mass is 10.1. The molecule has 1 atom stereocenters. The maximum Gasteiger partial charge on any atom is 0.0914 e. The molecule has 0 radical (unpaired) electrons. The highest BCUT2D eigenvalue weighted by molar-refractivity contribution is 5.33. The third-order valence-electron chi connectivity index (χ3n) is 3.84. The van der Waals surface area contributed by atoms with Gasteiger partial charge in [-0.1, -0.05) is 54.6 Å². The van der Waals surface area contributed by atoms with E-state index in [1.165, 1.54) is 11.1 Å². The minimum atomic E-state index is -0.426. The Morgan fingerprint density at radius 1 is 0.947 bits per heavy atom. The quantitative estimate of drug-likeness (QED) is 0.877. The van der Waals surface area contributed by atoms with Crippen LogP contribution < -0.4 is 5.32 Å². The van der Waals surface area contributed by atoms with Crippen LogP contribution in [0, 0.1) is 0 Å². The monoisotopic (exact) mass is 253 g/mol. The van der Waals surface area contributed by atoms with E-state index in [-0.39, 0.29) is 0 Å². The lowest BCUT2D eigenvalue weighted by Crippen LogP contribution is -2.33. The first-order chi connectivity index (χ1) is 9.33. The summed E-state index contributed by atoms with van der Waals surface area (Å²) in [6.07, 6.45) is 1.71. The zero-order valence-electron chi connectivity index (χ0n) is 10.9. The van der Waals surface area contributed by atoms with Gasteiger partial charge in [0.1, 0.15) is 0 Å². The number of hydrogen-bond acceptors (Lipinski definition) is 2. The Bertz CT molecular complexity index is 513. The number of rotatable bonds is 4. The van der Waals surface area contributed by atoms with E-state index in [1.54, 1.807) is 0 Å². The summed E-state index contributed by atoms with van der Waals surface area (Å²) in [6.45, 7) is 0.614. The number of aliphatic hydroxyl groups excluding tert-OH is 1. The van der Waals surface area contributed by atoms with Crippen molar-refractivity contribution in [2.24, 2.45) is 0 Å². The molecule has 0 amide bonds. The van der Waals surface area contributed by atoms with Crippen molar-refractivity contribution in [1.29, 1.82) is 0 Å². The number of hydrogen-bond donors (Lipinski definition) is 2. The topological polar surface area (TPSA) is 32.3 Å². The van der Waals surface area contributed by atoms with Gasteiger partial charge in [0, 0.05) is 12.6 Å². The Labute approximate surface area is 114 Å². The Morgan fingerprint density at radius 3 is 2.16 bits per heavy atom. The molecule has 2 aromatic carbocycles. The second kappa shape index (κ2) is 5.55. The molecule has 0 saturated heterocycles. The lowest BCUT2D eigenvalue weighted by Gasteiger charge is -2.16. The molecule has 1 aliphatic carbocycles. The molecule has 1 aliphatic rings. The third kappa shape index (κ3) is 2.86. The van der Waals surface area contributed by atoms with E-state index in [0.29, 0.717) is 12.6 Å². The zero-order valence-corrected chi connectivity index (χ0v) is 10.9. The third-order valence-corrected chi connectivity index (χ3v) is 3.84. The molecule has 2 aromatic rings. The Hall–Kier alpha value is -1.64. The molecule has 3 rings (SSSR count). The fourth-order valence-electron chi connectivity index (χ4n) is 2.77. The number of aliphatic hydroxyl groups is 1. The molecule has 19 heavy (non-hydrogen) atoms. The van der Waals surface area contributed by atoms with Gasteiger partial charge < -0.3 is 10.4 Å². The molecular formula is C17H19NO. The summed E-state index contributed by atoms with van der Waals surface area (Å²) in [5.74, 6) is 0. The predicted molar refractivity (Wildman–Crippen MR) is 77.0 cm³/mol. The predicted octanol–water partition coefficient (Wildman–Crippen LogP) is 2.48. The first-order valence-electron chi connectivity index (χ1n) is 6.86. The Morgan fingerprint density at radius 2 is 1.53 bits per heavy atom. The molecule has 0 aliphatic heterocycles. The molecule has 2 heteroatoms. The number of nitrogens with one attached hydrogen (secondary N) is 1. The van der Waals surface area contributed by atoms with Crippen LogP contribution in [0.3, 0.4) is 0 Å². The van der Waals surface area contributed by atoms with Crippen molar-refractivity contribution < 1.29 is 5.11 Å². The van der Waals surface area contributed by atoms with E-state index in [2.05, 4.69) is 29.6 Å². The van der Waals surface area contributed by atoms with Crippen LogP contribution >= 0.6 is 0 Å². The van der Waals surface area contributed by atoms with Crippen LogP contribution in [0.4, 0.5) is 0 Å². The smallest absolute Gasteiger partial charge is 0.0914 e. The van der Waals surface area contributed by atoms with E-state index < -0.39 is 6.10 Å². The second-order valence-corrected chi connectivity index (χ2v) is 5.21. The van der Waals surface area contributed by atoms with Gasteiger partial charge in [-0.25, -0.2) is 0 Å².